The van der Waals surface area contributed by atoms with E-state index < -0.39 is 0 Å². The van der Waals surface area contributed by atoms with Crippen LogP contribution in [0.4, 0.5) is 0 Å². The first kappa shape index (κ1) is 13.5. The Labute approximate surface area is 98.8 Å². The summed E-state index contributed by atoms with van der Waals surface area (Å²) in [5.41, 5.74) is 5.42. The van der Waals surface area contributed by atoms with Gasteiger partial charge >= 0.3 is 0 Å². The van der Waals surface area contributed by atoms with Crippen LogP contribution in [0.5, 0.6) is 0 Å². The summed E-state index contributed by atoms with van der Waals surface area (Å²) in [6, 6.07) is 0. The lowest BCUT2D eigenvalue weighted by molar-refractivity contribution is -0.130. The van der Waals surface area contributed by atoms with Crippen LogP contribution in [0.2, 0.25) is 0 Å². The van der Waals surface area contributed by atoms with Crippen molar-refractivity contribution in [1.29, 1.82) is 0 Å². The fraction of sp³-hybridized carbons (Fsp3) is 0.917. The van der Waals surface area contributed by atoms with Crippen LogP contribution in [-0.4, -0.2) is 55.5 Å². The summed E-state index contributed by atoms with van der Waals surface area (Å²) in [6.07, 6.45) is 5.47. The number of nitrogens with zero attached hydrogens (tertiary/aromatic N) is 2. The third kappa shape index (κ3) is 4.94. The summed E-state index contributed by atoms with van der Waals surface area (Å²) in [4.78, 5) is 16.0. The van der Waals surface area contributed by atoms with E-state index in [0.717, 1.165) is 19.5 Å². The van der Waals surface area contributed by atoms with Crippen molar-refractivity contribution in [3.8, 4) is 0 Å². The largest absolute Gasteiger partial charge is 0.346 e. The minimum atomic E-state index is 0.249. The van der Waals surface area contributed by atoms with Crippen molar-refractivity contribution in [2.24, 2.45) is 5.73 Å². The Morgan fingerprint density at radius 1 is 1.31 bits per heavy atom. The zero-order valence-corrected chi connectivity index (χ0v) is 10.5. The predicted molar refractivity (Wildman–Crippen MR) is 66.2 cm³/mol. The highest BCUT2D eigenvalue weighted by atomic mass is 16.2. The summed E-state index contributed by atoms with van der Waals surface area (Å²) in [7, 11) is 1.87. The first-order valence-corrected chi connectivity index (χ1v) is 6.40. The van der Waals surface area contributed by atoms with E-state index in [9.17, 15) is 4.79 Å². The summed E-state index contributed by atoms with van der Waals surface area (Å²) in [5.74, 6) is 0.249. The minimum absolute atomic E-state index is 0.249. The van der Waals surface area contributed by atoms with Gasteiger partial charge in [0.25, 0.3) is 0 Å². The maximum Gasteiger partial charge on any atom is 0.223 e. The zero-order valence-electron chi connectivity index (χ0n) is 10.5. The Kier molecular flexibility index (Phi) is 6.42. The fourth-order valence-corrected chi connectivity index (χ4v) is 2.08. The van der Waals surface area contributed by atoms with Gasteiger partial charge in [0.15, 0.2) is 0 Å². The highest BCUT2D eigenvalue weighted by molar-refractivity contribution is 5.76. The van der Waals surface area contributed by atoms with Crippen LogP contribution in [0.3, 0.4) is 0 Å². The summed E-state index contributed by atoms with van der Waals surface area (Å²) in [6.45, 7) is 4.70. The smallest absolute Gasteiger partial charge is 0.223 e. The molecule has 1 saturated heterocycles. The van der Waals surface area contributed by atoms with E-state index in [1.54, 1.807) is 4.90 Å². The van der Waals surface area contributed by atoms with Gasteiger partial charge in [0.05, 0.1) is 0 Å². The Bertz CT molecular complexity index is 202. The molecule has 1 rings (SSSR count). The molecule has 1 heterocycles. The molecule has 0 aromatic heterocycles. The van der Waals surface area contributed by atoms with Crippen LogP contribution in [0.15, 0.2) is 0 Å². The van der Waals surface area contributed by atoms with E-state index >= 15 is 0 Å². The van der Waals surface area contributed by atoms with Crippen molar-refractivity contribution in [2.75, 3.05) is 39.8 Å². The van der Waals surface area contributed by atoms with Gasteiger partial charge in [-0.05, 0) is 38.9 Å². The second-order valence-corrected chi connectivity index (χ2v) is 4.61. The molecular formula is C12H25N3O. The monoisotopic (exact) mass is 227 g/mol. The molecule has 4 nitrogen and oxygen atoms in total. The van der Waals surface area contributed by atoms with Crippen molar-refractivity contribution in [2.45, 2.75) is 32.1 Å². The van der Waals surface area contributed by atoms with E-state index in [4.69, 9.17) is 5.73 Å². The van der Waals surface area contributed by atoms with Crippen molar-refractivity contribution in [3.05, 3.63) is 0 Å². The van der Waals surface area contributed by atoms with Crippen molar-refractivity contribution >= 4 is 5.91 Å². The number of amides is 1. The third-order valence-corrected chi connectivity index (χ3v) is 3.21. The van der Waals surface area contributed by atoms with Gasteiger partial charge in [-0.2, -0.15) is 0 Å². The summed E-state index contributed by atoms with van der Waals surface area (Å²) < 4.78 is 0. The fourth-order valence-electron chi connectivity index (χ4n) is 2.08. The van der Waals surface area contributed by atoms with E-state index in [1.807, 2.05) is 7.05 Å². The average Bonchev–Trinajstić information content (AvgIpc) is 2.34. The zero-order chi connectivity index (χ0) is 11.8. The van der Waals surface area contributed by atoms with Gasteiger partial charge < -0.3 is 15.5 Å². The van der Waals surface area contributed by atoms with Crippen LogP contribution in [0, 0.1) is 0 Å². The van der Waals surface area contributed by atoms with E-state index in [-0.39, 0.29) is 5.91 Å². The van der Waals surface area contributed by atoms with Crippen LogP contribution in [0.25, 0.3) is 0 Å². The van der Waals surface area contributed by atoms with Gasteiger partial charge in [-0.15, -0.1) is 0 Å². The first-order chi connectivity index (χ1) is 7.74. The lowest BCUT2D eigenvalue weighted by Crippen LogP contribution is -2.35. The number of hydrogen-bond donors (Lipinski definition) is 1. The number of likely N-dealkylation sites (tertiary alicyclic amines) is 1. The van der Waals surface area contributed by atoms with Crippen LogP contribution in [0.1, 0.15) is 32.1 Å². The minimum Gasteiger partial charge on any atom is -0.346 e. The van der Waals surface area contributed by atoms with Gasteiger partial charge in [-0.1, -0.05) is 6.42 Å². The molecule has 0 aromatic rings. The quantitative estimate of drug-likeness (QED) is 0.725. The molecule has 0 saturated carbocycles. The SMILES string of the molecule is CN(CCCN)C(=O)CCN1CCCCC1. The van der Waals surface area contributed by atoms with E-state index in [1.165, 1.54) is 32.4 Å². The number of piperidine rings is 1. The van der Waals surface area contributed by atoms with Crippen LogP contribution < -0.4 is 5.73 Å². The molecule has 4 heteroatoms. The first-order valence-electron chi connectivity index (χ1n) is 6.40. The highest BCUT2D eigenvalue weighted by Crippen LogP contribution is 2.09. The number of carbonyl (C=O) groups is 1. The number of nitrogens with two attached hydrogens (primary N) is 1. The number of hydrogen-bond acceptors (Lipinski definition) is 3. The van der Waals surface area contributed by atoms with Gasteiger partial charge in [-0.25, -0.2) is 0 Å². The Balaban J connectivity index is 2.12. The molecule has 0 atom stereocenters. The van der Waals surface area contributed by atoms with Crippen molar-refractivity contribution < 1.29 is 4.79 Å². The molecule has 0 spiro atoms. The van der Waals surface area contributed by atoms with E-state index in [2.05, 4.69) is 4.90 Å². The maximum atomic E-state index is 11.7. The lowest BCUT2D eigenvalue weighted by atomic mass is 10.1. The standard InChI is InChI=1S/C12H25N3O/c1-14(8-5-7-13)12(16)6-11-15-9-3-2-4-10-15/h2-11,13H2,1H3. The van der Waals surface area contributed by atoms with Crippen LogP contribution >= 0.6 is 0 Å². The molecular weight excluding hydrogens is 202 g/mol. The lowest BCUT2D eigenvalue weighted by Gasteiger charge is -2.27. The summed E-state index contributed by atoms with van der Waals surface area (Å²) in [5, 5.41) is 0. The van der Waals surface area contributed by atoms with Gasteiger partial charge in [-0.3, -0.25) is 4.79 Å². The molecule has 94 valence electrons. The number of rotatable bonds is 6. The molecule has 1 fully saturated rings. The predicted octanol–water partition coefficient (Wildman–Crippen LogP) is 0.670. The molecule has 0 aliphatic carbocycles. The normalized spacial score (nSPS) is 17.4. The molecule has 16 heavy (non-hydrogen) atoms. The second-order valence-electron chi connectivity index (χ2n) is 4.61. The Hall–Kier alpha value is -0.610. The number of carbonyl (C=O) groups excluding carboxylic acids is 1. The van der Waals surface area contributed by atoms with Crippen molar-refractivity contribution in [3.63, 3.8) is 0 Å². The molecule has 0 radical (unpaired) electrons. The second kappa shape index (κ2) is 7.63. The molecule has 2 N–H and O–H groups in total. The highest BCUT2D eigenvalue weighted by Gasteiger charge is 2.13. The van der Waals surface area contributed by atoms with Gasteiger partial charge in [0, 0.05) is 26.6 Å². The third-order valence-electron chi connectivity index (χ3n) is 3.21. The van der Waals surface area contributed by atoms with Crippen LogP contribution in [-0.2, 0) is 4.79 Å². The Morgan fingerprint density at radius 3 is 2.62 bits per heavy atom. The average molecular weight is 227 g/mol. The molecule has 1 aliphatic heterocycles. The van der Waals surface area contributed by atoms with Gasteiger partial charge in [0.1, 0.15) is 0 Å². The molecule has 1 amide bonds. The summed E-state index contributed by atoms with van der Waals surface area (Å²) >= 11 is 0. The Morgan fingerprint density at radius 2 is 2.00 bits per heavy atom. The van der Waals surface area contributed by atoms with Gasteiger partial charge in [0.2, 0.25) is 5.91 Å². The van der Waals surface area contributed by atoms with Crippen molar-refractivity contribution in [1.82, 2.24) is 9.80 Å². The molecule has 0 aromatic carbocycles. The molecule has 0 bridgehead atoms. The maximum absolute atomic E-state index is 11.7. The molecule has 0 unspecified atom stereocenters. The topological polar surface area (TPSA) is 49.6 Å². The van der Waals surface area contributed by atoms with E-state index in [0.29, 0.717) is 13.0 Å². The molecule has 1 aliphatic rings.